The predicted octanol–water partition coefficient (Wildman–Crippen LogP) is 1.44. The number of hydrogen-bond acceptors (Lipinski definition) is 2. The lowest BCUT2D eigenvalue weighted by molar-refractivity contribution is -0.120. The molecule has 4 heteroatoms. The Morgan fingerprint density at radius 3 is 2.57 bits per heavy atom. The number of halogens is 1. The minimum Gasteiger partial charge on any atom is -0.398 e. The van der Waals surface area contributed by atoms with Crippen LogP contribution >= 0.6 is 11.6 Å². The van der Waals surface area contributed by atoms with Crippen LogP contribution in [-0.4, -0.2) is 5.91 Å². The molecule has 1 aromatic rings. The number of amides is 1. The summed E-state index contributed by atoms with van der Waals surface area (Å²) in [7, 11) is 0. The van der Waals surface area contributed by atoms with Gasteiger partial charge in [-0.1, -0.05) is 23.7 Å². The van der Waals surface area contributed by atoms with Crippen molar-refractivity contribution >= 4 is 23.2 Å². The average molecular weight is 211 g/mol. The molecule has 2 rings (SSSR count). The summed E-state index contributed by atoms with van der Waals surface area (Å²) in [6.45, 7) is 0. The summed E-state index contributed by atoms with van der Waals surface area (Å²) < 4.78 is 0. The van der Waals surface area contributed by atoms with E-state index in [0.29, 0.717) is 10.7 Å². The van der Waals surface area contributed by atoms with Gasteiger partial charge in [-0.3, -0.25) is 4.79 Å². The Bertz CT molecular complexity index is 399. The zero-order valence-electron chi connectivity index (χ0n) is 7.59. The molecule has 4 N–H and O–H groups in total. The molecular formula is C10H11ClN2O. The first kappa shape index (κ1) is 9.34. The molecule has 1 aromatic carbocycles. The third kappa shape index (κ3) is 1.16. The highest BCUT2D eigenvalue weighted by atomic mass is 35.5. The summed E-state index contributed by atoms with van der Waals surface area (Å²) in [6, 6.07) is 5.32. The van der Waals surface area contributed by atoms with Gasteiger partial charge >= 0.3 is 0 Å². The van der Waals surface area contributed by atoms with Crippen molar-refractivity contribution in [1.29, 1.82) is 0 Å². The van der Waals surface area contributed by atoms with Crippen molar-refractivity contribution in [3.63, 3.8) is 0 Å². The van der Waals surface area contributed by atoms with Gasteiger partial charge in [0.25, 0.3) is 0 Å². The topological polar surface area (TPSA) is 69.1 Å². The molecule has 0 aromatic heterocycles. The molecule has 74 valence electrons. The minimum absolute atomic E-state index is 0.315. The summed E-state index contributed by atoms with van der Waals surface area (Å²) in [5.74, 6) is -0.315. The highest BCUT2D eigenvalue weighted by Gasteiger charge is 2.51. The largest absolute Gasteiger partial charge is 0.398 e. The lowest BCUT2D eigenvalue weighted by atomic mass is 9.95. The van der Waals surface area contributed by atoms with Gasteiger partial charge < -0.3 is 11.5 Å². The van der Waals surface area contributed by atoms with Crippen LogP contribution in [0.1, 0.15) is 18.4 Å². The van der Waals surface area contributed by atoms with E-state index in [1.54, 1.807) is 12.1 Å². The lowest BCUT2D eigenvalue weighted by Gasteiger charge is -2.14. The van der Waals surface area contributed by atoms with E-state index in [4.69, 9.17) is 23.1 Å². The zero-order chi connectivity index (χ0) is 10.3. The molecule has 0 heterocycles. The Hall–Kier alpha value is -1.22. The van der Waals surface area contributed by atoms with Crippen molar-refractivity contribution < 1.29 is 4.79 Å². The summed E-state index contributed by atoms with van der Waals surface area (Å²) in [5, 5.41) is 0.462. The number of hydrogen-bond donors (Lipinski definition) is 2. The van der Waals surface area contributed by atoms with Gasteiger partial charge in [0, 0.05) is 0 Å². The average Bonchev–Trinajstić information content (AvgIpc) is 2.90. The second-order valence-corrected chi connectivity index (χ2v) is 4.03. The fourth-order valence-corrected chi connectivity index (χ4v) is 2.00. The van der Waals surface area contributed by atoms with E-state index in [1.807, 2.05) is 6.07 Å². The van der Waals surface area contributed by atoms with E-state index >= 15 is 0 Å². The van der Waals surface area contributed by atoms with Crippen LogP contribution in [0.5, 0.6) is 0 Å². The highest BCUT2D eigenvalue weighted by Crippen LogP contribution is 2.51. The molecule has 0 saturated heterocycles. The van der Waals surface area contributed by atoms with Gasteiger partial charge in [0.1, 0.15) is 0 Å². The third-order valence-corrected chi connectivity index (χ3v) is 3.19. The van der Waals surface area contributed by atoms with Crippen molar-refractivity contribution in [3.05, 3.63) is 28.8 Å². The monoisotopic (exact) mass is 210 g/mol. The van der Waals surface area contributed by atoms with E-state index < -0.39 is 5.41 Å². The molecule has 0 aliphatic heterocycles. The number of primary amides is 1. The lowest BCUT2D eigenvalue weighted by Crippen LogP contribution is -2.28. The van der Waals surface area contributed by atoms with Crippen molar-refractivity contribution in [2.24, 2.45) is 5.73 Å². The van der Waals surface area contributed by atoms with Crippen LogP contribution in [0, 0.1) is 0 Å². The van der Waals surface area contributed by atoms with E-state index in [2.05, 4.69) is 0 Å². The van der Waals surface area contributed by atoms with Crippen molar-refractivity contribution in [3.8, 4) is 0 Å². The Kier molecular flexibility index (Phi) is 1.93. The van der Waals surface area contributed by atoms with Gasteiger partial charge in [-0.25, -0.2) is 0 Å². The number of carbonyl (C=O) groups excluding carboxylic acids is 1. The maximum Gasteiger partial charge on any atom is 0.228 e. The summed E-state index contributed by atoms with van der Waals surface area (Å²) in [5.41, 5.74) is 11.7. The fraction of sp³-hybridized carbons (Fsp3) is 0.300. The maximum atomic E-state index is 11.3. The normalized spacial score (nSPS) is 17.8. The molecule has 1 saturated carbocycles. The van der Waals surface area contributed by atoms with Gasteiger partial charge in [0.2, 0.25) is 5.91 Å². The van der Waals surface area contributed by atoms with Gasteiger partial charge in [0.15, 0.2) is 0 Å². The maximum absolute atomic E-state index is 11.3. The minimum atomic E-state index is -0.549. The molecule has 0 unspecified atom stereocenters. The fourth-order valence-electron chi connectivity index (χ4n) is 1.69. The van der Waals surface area contributed by atoms with Crippen LogP contribution in [0.4, 0.5) is 5.69 Å². The highest BCUT2D eigenvalue weighted by molar-refractivity contribution is 6.34. The molecule has 1 fully saturated rings. The standard InChI is InChI=1S/C10H11ClN2O/c11-8-6(2-1-3-7(8)12)10(4-5-10)9(13)14/h1-3H,4-5,12H2,(H2,13,14). The molecule has 1 amide bonds. The van der Waals surface area contributed by atoms with Crippen LogP contribution in [0.15, 0.2) is 18.2 Å². The Labute approximate surface area is 87.0 Å². The Morgan fingerprint density at radius 2 is 2.07 bits per heavy atom. The molecule has 1 aliphatic carbocycles. The van der Waals surface area contributed by atoms with E-state index in [-0.39, 0.29) is 5.91 Å². The summed E-state index contributed by atoms with van der Waals surface area (Å²) >= 11 is 6.03. The van der Waals surface area contributed by atoms with Gasteiger partial charge in [-0.2, -0.15) is 0 Å². The third-order valence-electron chi connectivity index (χ3n) is 2.77. The first-order chi connectivity index (χ1) is 6.58. The first-order valence-corrected chi connectivity index (χ1v) is 4.80. The van der Waals surface area contributed by atoms with Crippen molar-refractivity contribution in [2.45, 2.75) is 18.3 Å². The SMILES string of the molecule is NC(=O)C1(c2cccc(N)c2Cl)CC1. The molecular weight excluding hydrogens is 200 g/mol. The Morgan fingerprint density at radius 1 is 1.43 bits per heavy atom. The molecule has 0 spiro atoms. The zero-order valence-corrected chi connectivity index (χ0v) is 8.34. The molecule has 1 aliphatic rings. The molecule has 3 nitrogen and oxygen atoms in total. The van der Waals surface area contributed by atoms with E-state index in [9.17, 15) is 4.79 Å². The van der Waals surface area contributed by atoms with Crippen LogP contribution in [0.2, 0.25) is 5.02 Å². The van der Waals surface area contributed by atoms with Crippen LogP contribution in [0.25, 0.3) is 0 Å². The van der Waals surface area contributed by atoms with Crippen LogP contribution in [-0.2, 0) is 10.2 Å². The van der Waals surface area contributed by atoms with Crippen LogP contribution < -0.4 is 11.5 Å². The van der Waals surface area contributed by atoms with Crippen LogP contribution in [0.3, 0.4) is 0 Å². The Balaban J connectivity index is 2.52. The second-order valence-electron chi connectivity index (χ2n) is 3.66. The van der Waals surface area contributed by atoms with Gasteiger partial charge in [0.05, 0.1) is 16.1 Å². The van der Waals surface area contributed by atoms with E-state index in [0.717, 1.165) is 18.4 Å². The van der Waals surface area contributed by atoms with Crippen molar-refractivity contribution in [2.75, 3.05) is 5.73 Å². The van der Waals surface area contributed by atoms with Crippen molar-refractivity contribution in [1.82, 2.24) is 0 Å². The quantitative estimate of drug-likeness (QED) is 0.726. The number of nitrogens with two attached hydrogens (primary N) is 2. The van der Waals surface area contributed by atoms with Gasteiger partial charge in [-0.05, 0) is 24.5 Å². The summed E-state index contributed by atoms with van der Waals surface area (Å²) in [6.07, 6.45) is 1.54. The number of rotatable bonds is 2. The summed E-state index contributed by atoms with van der Waals surface area (Å²) in [4.78, 5) is 11.3. The molecule has 0 radical (unpaired) electrons. The number of nitrogen functional groups attached to an aromatic ring is 1. The predicted molar refractivity (Wildman–Crippen MR) is 56.0 cm³/mol. The number of carbonyl (C=O) groups is 1. The first-order valence-electron chi connectivity index (χ1n) is 4.42. The van der Waals surface area contributed by atoms with E-state index in [1.165, 1.54) is 0 Å². The smallest absolute Gasteiger partial charge is 0.228 e. The second kappa shape index (κ2) is 2.89. The number of anilines is 1. The molecule has 14 heavy (non-hydrogen) atoms. The molecule has 0 bridgehead atoms. The number of benzene rings is 1. The van der Waals surface area contributed by atoms with Gasteiger partial charge in [-0.15, -0.1) is 0 Å². The molecule has 0 atom stereocenters.